The maximum atomic E-state index is 12.6. The van der Waals surface area contributed by atoms with Gasteiger partial charge in [0.25, 0.3) is 11.8 Å². The lowest BCUT2D eigenvalue weighted by Crippen LogP contribution is -2.30. The third kappa shape index (κ3) is 7.61. The Bertz CT molecular complexity index is 1680. The van der Waals surface area contributed by atoms with Crippen molar-refractivity contribution < 1.29 is 14.7 Å². The minimum atomic E-state index is -0.352. The summed E-state index contributed by atoms with van der Waals surface area (Å²) >= 11 is 0. The molecule has 0 unspecified atom stereocenters. The molecule has 15 N–H and O–H groups in total. The second kappa shape index (κ2) is 13.6. The van der Waals surface area contributed by atoms with Gasteiger partial charge in [0.1, 0.15) is 5.75 Å². The Morgan fingerprint density at radius 2 is 1.65 bits per heavy atom. The number of anilines is 4. The lowest BCUT2D eigenvalue weighted by Gasteiger charge is -2.12. The largest absolute Gasteiger partial charge is 0.506 e. The fraction of sp³-hybridized carbons (Fsp3) is 0.192. The van der Waals surface area contributed by atoms with Gasteiger partial charge in [-0.2, -0.15) is 9.97 Å². The number of rotatable bonds is 12. The van der Waals surface area contributed by atoms with Gasteiger partial charge in [-0.15, -0.1) is 5.10 Å². The summed E-state index contributed by atoms with van der Waals surface area (Å²) < 4.78 is 0. The Hall–Kier alpha value is -5.97. The van der Waals surface area contributed by atoms with Crippen LogP contribution in [0.25, 0.3) is 11.2 Å². The average molecular weight is 589 g/mol. The van der Waals surface area contributed by atoms with E-state index in [1.165, 1.54) is 18.3 Å². The molecular formula is C26H32N14O3. The van der Waals surface area contributed by atoms with Crippen LogP contribution in [-0.2, 0) is 6.54 Å². The number of aromatic hydroxyl groups is 1. The van der Waals surface area contributed by atoms with Gasteiger partial charge in [0.2, 0.25) is 5.95 Å². The molecule has 0 bridgehead atoms. The molecule has 4 rings (SSSR count). The number of nitrogens with one attached hydrogen (secondary N) is 4. The number of fused-ring (bicyclic) bond motifs is 1. The van der Waals surface area contributed by atoms with Crippen LogP contribution in [0, 0.1) is 0 Å². The van der Waals surface area contributed by atoms with E-state index < -0.39 is 0 Å². The molecule has 0 spiro atoms. The highest BCUT2D eigenvalue weighted by molar-refractivity contribution is 6.09. The molecule has 43 heavy (non-hydrogen) atoms. The Morgan fingerprint density at radius 3 is 2.37 bits per heavy atom. The normalized spacial score (nSPS) is 11.2. The zero-order valence-corrected chi connectivity index (χ0v) is 23.0. The Balaban J connectivity index is 1.22. The number of nitrogens with two attached hydrogens (primary N) is 5. The summed E-state index contributed by atoms with van der Waals surface area (Å²) in [6.07, 6.45) is 2.70. The van der Waals surface area contributed by atoms with Crippen molar-refractivity contribution in [2.45, 2.75) is 19.4 Å². The molecule has 0 atom stereocenters. The third-order valence-electron chi connectivity index (χ3n) is 6.14. The van der Waals surface area contributed by atoms with Crippen molar-refractivity contribution in [2.24, 2.45) is 16.7 Å². The first-order valence-electron chi connectivity index (χ1n) is 13.0. The van der Waals surface area contributed by atoms with Crippen LogP contribution >= 0.6 is 0 Å². The van der Waals surface area contributed by atoms with Gasteiger partial charge < -0.3 is 44.0 Å². The first-order chi connectivity index (χ1) is 20.7. The monoisotopic (exact) mass is 588 g/mol. The summed E-state index contributed by atoms with van der Waals surface area (Å²) in [5, 5.41) is 22.8. The summed E-state index contributed by atoms with van der Waals surface area (Å²) in [6.45, 7) is 0.943. The highest BCUT2D eigenvalue weighted by atomic mass is 16.3. The molecule has 0 radical (unpaired) electrons. The Morgan fingerprint density at radius 1 is 0.907 bits per heavy atom. The van der Waals surface area contributed by atoms with Crippen LogP contribution < -0.4 is 50.3 Å². The molecule has 17 heteroatoms. The highest BCUT2D eigenvalue weighted by Gasteiger charge is 2.15. The number of carbonyl (C=O) groups is 2. The molecule has 0 aliphatic heterocycles. The predicted octanol–water partition coefficient (Wildman–Crippen LogP) is -0.492. The first kappa shape index (κ1) is 30.0. The second-order valence-corrected chi connectivity index (χ2v) is 9.24. The fourth-order valence-electron chi connectivity index (χ4n) is 4.03. The molecule has 4 aromatic rings. The maximum Gasteiger partial charge on any atom is 0.252 e. The molecule has 0 saturated carbocycles. The fourth-order valence-corrected chi connectivity index (χ4v) is 4.03. The van der Waals surface area contributed by atoms with E-state index in [1.807, 2.05) is 0 Å². The number of hydrogen-bond acceptors (Lipinski definition) is 14. The van der Waals surface area contributed by atoms with Gasteiger partial charge in [-0.1, -0.05) is 0 Å². The van der Waals surface area contributed by atoms with Gasteiger partial charge in [-0.25, -0.2) is 21.3 Å². The highest BCUT2D eigenvalue weighted by Crippen LogP contribution is 2.25. The molecule has 2 aromatic carbocycles. The molecule has 2 aromatic heterocycles. The molecule has 17 nitrogen and oxygen atoms in total. The number of nitrogens with zero attached hydrogens (tertiary/aromatic N) is 5. The van der Waals surface area contributed by atoms with E-state index >= 15 is 0 Å². The van der Waals surface area contributed by atoms with Crippen molar-refractivity contribution in [3.05, 3.63) is 65.0 Å². The van der Waals surface area contributed by atoms with Crippen LogP contribution in [0.4, 0.5) is 23.1 Å². The molecule has 2 heterocycles. The molecule has 0 fully saturated rings. The minimum absolute atomic E-state index is 0.00634. The lowest BCUT2D eigenvalue weighted by molar-refractivity contribution is 0.0939. The summed E-state index contributed by atoms with van der Waals surface area (Å²) in [4.78, 5) is 41.7. The van der Waals surface area contributed by atoms with Crippen molar-refractivity contribution in [1.29, 1.82) is 0 Å². The number of carbonyl (C=O) groups excluding carboxylic acids is 2. The van der Waals surface area contributed by atoms with E-state index in [9.17, 15) is 14.7 Å². The molecule has 2 amide bonds. The quantitative estimate of drug-likeness (QED) is 0.0190. The van der Waals surface area contributed by atoms with Gasteiger partial charge in [0.15, 0.2) is 22.8 Å². The van der Waals surface area contributed by atoms with Crippen molar-refractivity contribution in [3.63, 3.8) is 0 Å². The van der Waals surface area contributed by atoms with Crippen LogP contribution in [0.5, 0.6) is 5.75 Å². The summed E-state index contributed by atoms with van der Waals surface area (Å²) in [5.74, 6) is 4.50. The zero-order valence-electron chi connectivity index (χ0n) is 23.0. The van der Waals surface area contributed by atoms with Gasteiger partial charge in [-0.3, -0.25) is 9.59 Å². The standard InChI is InChI=1S/C26H32N14O3/c27-14-4-5-16(17(10-14)21(28)39-40-31)25(43)33-8-2-1-7-32-24(42)13-3-6-18(19(41)9-13)34-11-15-12-35-23-20(36-15)22(29)37-26(30)38-23/h3-6,9-10,12,34,40-41H,1-2,7-8,11,27,31H2,(H2,28,39)(H,32,42)(H,33,43)(H4,29,30,35,37,38). The van der Waals surface area contributed by atoms with E-state index in [1.54, 1.807) is 24.3 Å². The van der Waals surface area contributed by atoms with Crippen molar-refractivity contribution in [1.82, 2.24) is 36.1 Å². The average Bonchev–Trinajstić information content (AvgIpc) is 2.98. The van der Waals surface area contributed by atoms with Gasteiger partial charge in [0.05, 0.1) is 29.7 Å². The number of nitrogen functional groups attached to an aromatic ring is 3. The molecule has 224 valence electrons. The van der Waals surface area contributed by atoms with Crippen LogP contribution in [0.2, 0.25) is 0 Å². The number of benzene rings is 2. The minimum Gasteiger partial charge on any atom is -0.506 e. The van der Waals surface area contributed by atoms with Crippen molar-refractivity contribution >= 4 is 52.0 Å². The summed E-state index contributed by atoms with van der Waals surface area (Å²) in [6, 6.07) is 9.19. The van der Waals surface area contributed by atoms with Crippen molar-refractivity contribution in [3.8, 4) is 5.75 Å². The molecule has 0 saturated heterocycles. The third-order valence-corrected chi connectivity index (χ3v) is 6.14. The SMILES string of the molecule is NN/N=C(\N)c1cc(N)ccc1C(=O)NCCCCNC(=O)c1ccc(NCc2cnc3nc(N)nc(N)c3n2)c(O)c1. The number of hydrazine groups is 1. The van der Waals surface area contributed by atoms with Gasteiger partial charge >= 0.3 is 0 Å². The number of aromatic nitrogens is 4. The number of phenols is 1. The zero-order chi connectivity index (χ0) is 30.9. The van der Waals surface area contributed by atoms with Crippen LogP contribution in [0.3, 0.4) is 0 Å². The number of hydrazone groups is 1. The van der Waals surface area contributed by atoms with Gasteiger partial charge in [0, 0.05) is 29.9 Å². The molecular weight excluding hydrogens is 556 g/mol. The smallest absolute Gasteiger partial charge is 0.252 e. The number of amidine groups is 1. The van der Waals surface area contributed by atoms with E-state index in [-0.39, 0.29) is 52.9 Å². The predicted molar refractivity (Wildman–Crippen MR) is 162 cm³/mol. The number of phenolic OH excluding ortho intramolecular Hbond substituents is 1. The number of hydrogen-bond donors (Lipinski definition) is 10. The number of unbranched alkanes of at least 4 members (excludes halogenated alkanes) is 1. The van der Waals surface area contributed by atoms with Crippen LogP contribution in [-0.4, -0.2) is 55.8 Å². The molecule has 0 aliphatic carbocycles. The van der Waals surface area contributed by atoms with Crippen molar-refractivity contribution in [2.75, 3.05) is 35.6 Å². The Labute approximate surface area is 245 Å². The van der Waals surface area contributed by atoms with E-state index in [4.69, 9.17) is 28.8 Å². The first-order valence-corrected chi connectivity index (χ1v) is 13.0. The second-order valence-electron chi connectivity index (χ2n) is 9.24. The van der Waals surface area contributed by atoms with E-state index in [0.717, 1.165) is 0 Å². The molecule has 0 aliphatic rings. The van der Waals surface area contributed by atoms with Crippen LogP contribution in [0.1, 0.15) is 44.8 Å². The Kier molecular flexibility index (Phi) is 9.48. The number of amides is 2. The van der Waals surface area contributed by atoms with Crippen LogP contribution in [0.15, 0.2) is 47.7 Å². The van der Waals surface area contributed by atoms with Gasteiger partial charge in [-0.05, 0) is 49.2 Å². The lowest BCUT2D eigenvalue weighted by atomic mass is 10.0. The summed E-state index contributed by atoms with van der Waals surface area (Å²) in [5.41, 5.74) is 28.1. The maximum absolute atomic E-state index is 12.6. The van der Waals surface area contributed by atoms with E-state index in [0.29, 0.717) is 59.6 Å². The van der Waals surface area contributed by atoms with E-state index in [2.05, 4.69) is 46.5 Å². The summed E-state index contributed by atoms with van der Waals surface area (Å²) in [7, 11) is 0. The topological polar surface area (TPSA) is 297 Å².